The van der Waals surface area contributed by atoms with Crippen molar-refractivity contribution in [2.24, 2.45) is 0 Å². The van der Waals surface area contributed by atoms with Crippen LogP contribution in [0.25, 0.3) is 10.9 Å². The summed E-state index contributed by atoms with van der Waals surface area (Å²) in [5.74, 6) is -1.16. The average molecular weight is 412 g/mol. The molecular formula is C21H20N2O7. The monoisotopic (exact) mass is 412 g/mol. The van der Waals surface area contributed by atoms with Crippen LogP contribution in [-0.2, 0) is 4.74 Å². The van der Waals surface area contributed by atoms with Crippen molar-refractivity contribution in [3.63, 3.8) is 0 Å². The second-order valence-corrected chi connectivity index (χ2v) is 6.37. The number of nitro groups is 1. The van der Waals surface area contributed by atoms with E-state index in [4.69, 9.17) is 14.2 Å². The van der Waals surface area contributed by atoms with E-state index in [1.165, 1.54) is 20.1 Å². The minimum Gasteiger partial charge on any atom is -0.493 e. The number of benzene rings is 2. The summed E-state index contributed by atoms with van der Waals surface area (Å²) < 4.78 is 15.7. The summed E-state index contributed by atoms with van der Waals surface area (Å²) in [6.45, 7) is 3.40. The topological polar surface area (TPSA) is 121 Å². The summed E-state index contributed by atoms with van der Waals surface area (Å²) in [5.41, 5.74) is 0.298. The number of carbonyl (C=O) groups is 2. The van der Waals surface area contributed by atoms with Crippen LogP contribution in [-0.4, -0.2) is 41.5 Å². The van der Waals surface area contributed by atoms with E-state index >= 15 is 0 Å². The molecule has 3 rings (SSSR count). The third-order valence-corrected chi connectivity index (χ3v) is 4.51. The molecule has 156 valence electrons. The number of nitro benzene ring substituents is 1. The minimum absolute atomic E-state index is 0.114. The second kappa shape index (κ2) is 8.64. The van der Waals surface area contributed by atoms with Gasteiger partial charge in [0.2, 0.25) is 5.78 Å². The van der Waals surface area contributed by atoms with Gasteiger partial charge in [-0.15, -0.1) is 0 Å². The molecule has 0 saturated carbocycles. The lowest BCUT2D eigenvalue weighted by Crippen LogP contribution is -2.24. The van der Waals surface area contributed by atoms with E-state index in [2.05, 4.69) is 4.98 Å². The van der Waals surface area contributed by atoms with E-state index in [1.54, 1.807) is 25.3 Å². The van der Waals surface area contributed by atoms with Crippen molar-refractivity contribution < 1.29 is 28.7 Å². The third-order valence-electron chi connectivity index (χ3n) is 4.51. The van der Waals surface area contributed by atoms with E-state index in [0.29, 0.717) is 10.9 Å². The van der Waals surface area contributed by atoms with Gasteiger partial charge in [0.05, 0.1) is 24.7 Å². The number of aromatic nitrogens is 1. The highest BCUT2D eigenvalue weighted by molar-refractivity contribution is 6.10. The van der Waals surface area contributed by atoms with Crippen LogP contribution in [0.5, 0.6) is 11.5 Å². The number of nitrogens with zero attached hydrogens (tertiary/aromatic N) is 1. The van der Waals surface area contributed by atoms with Crippen LogP contribution in [0.3, 0.4) is 0 Å². The fourth-order valence-corrected chi connectivity index (χ4v) is 3.06. The summed E-state index contributed by atoms with van der Waals surface area (Å²) in [6.07, 6.45) is 0.384. The fraction of sp³-hybridized carbons (Fsp3) is 0.238. The molecule has 9 nitrogen and oxygen atoms in total. The molecule has 3 aromatic rings. The Hall–Kier alpha value is -3.88. The number of fused-ring (bicyclic) bond motifs is 1. The maximum atomic E-state index is 12.8. The first-order valence-electron chi connectivity index (χ1n) is 9.17. The third kappa shape index (κ3) is 3.95. The van der Waals surface area contributed by atoms with Gasteiger partial charge < -0.3 is 19.2 Å². The lowest BCUT2D eigenvalue weighted by Gasteiger charge is -2.14. The van der Waals surface area contributed by atoms with Gasteiger partial charge >= 0.3 is 5.97 Å². The number of rotatable bonds is 8. The molecule has 0 saturated heterocycles. The molecule has 0 radical (unpaired) electrons. The molecule has 0 fully saturated rings. The Balaban J connectivity index is 1.89. The summed E-state index contributed by atoms with van der Waals surface area (Å²) in [7, 11) is 1.33. The number of ether oxygens (including phenoxy) is 3. The molecule has 0 aliphatic heterocycles. The molecule has 0 spiro atoms. The van der Waals surface area contributed by atoms with Crippen molar-refractivity contribution in [1.29, 1.82) is 0 Å². The maximum Gasteiger partial charge on any atom is 0.346 e. The number of hydrogen-bond donors (Lipinski definition) is 1. The Morgan fingerprint density at radius 2 is 1.90 bits per heavy atom. The van der Waals surface area contributed by atoms with Crippen molar-refractivity contribution in [3.8, 4) is 11.5 Å². The minimum atomic E-state index is -1.16. The van der Waals surface area contributed by atoms with Crippen LogP contribution < -0.4 is 9.47 Å². The van der Waals surface area contributed by atoms with Gasteiger partial charge in [0, 0.05) is 28.7 Å². The van der Waals surface area contributed by atoms with Crippen molar-refractivity contribution in [2.45, 2.75) is 20.0 Å². The largest absolute Gasteiger partial charge is 0.493 e. The first-order chi connectivity index (χ1) is 14.4. The molecule has 2 aromatic carbocycles. The maximum absolute atomic E-state index is 12.8. The summed E-state index contributed by atoms with van der Waals surface area (Å²) >= 11 is 0. The first-order valence-corrected chi connectivity index (χ1v) is 9.17. The molecule has 0 unspecified atom stereocenters. The predicted molar refractivity (Wildman–Crippen MR) is 108 cm³/mol. The van der Waals surface area contributed by atoms with Gasteiger partial charge in [-0.25, -0.2) is 4.79 Å². The van der Waals surface area contributed by atoms with Crippen molar-refractivity contribution in [2.75, 3.05) is 13.7 Å². The van der Waals surface area contributed by atoms with Crippen LogP contribution in [0.15, 0.2) is 42.6 Å². The van der Waals surface area contributed by atoms with Crippen LogP contribution in [0.4, 0.5) is 5.69 Å². The van der Waals surface area contributed by atoms with Gasteiger partial charge in [-0.1, -0.05) is 18.2 Å². The number of esters is 1. The number of hydrogen-bond acceptors (Lipinski definition) is 7. The Morgan fingerprint density at radius 3 is 2.57 bits per heavy atom. The highest BCUT2D eigenvalue weighted by atomic mass is 16.6. The van der Waals surface area contributed by atoms with Gasteiger partial charge in [-0.2, -0.15) is 0 Å². The fourth-order valence-electron chi connectivity index (χ4n) is 3.06. The number of H-pyrrole nitrogens is 1. The molecule has 1 heterocycles. The SMILES string of the molecule is CCOc1cc(C(=O)O[C@H](C)C(=O)c2c[nH]c3ccccc23)c([N+](=O)[O-])cc1OC. The molecule has 0 bridgehead atoms. The lowest BCUT2D eigenvalue weighted by molar-refractivity contribution is -0.385. The Labute approximate surface area is 171 Å². The van der Waals surface area contributed by atoms with Crippen molar-refractivity contribution in [1.82, 2.24) is 4.98 Å². The molecule has 0 aliphatic rings. The molecule has 0 aliphatic carbocycles. The highest BCUT2D eigenvalue weighted by Crippen LogP contribution is 2.35. The van der Waals surface area contributed by atoms with E-state index < -0.39 is 28.5 Å². The second-order valence-electron chi connectivity index (χ2n) is 6.37. The van der Waals surface area contributed by atoms with E-state index in [-0.39, 0.29) is 23.7 Å². The zero-order chi connectivity index (χ0) is 21.8. The quantitative estimate of drug-likeness (QED) is 0.258. The zero-order valence-corrected chi connectivity index (χ0v) is 16.6. The van der Waals surface area contributed by atoms with E-state index in [1.807, 2.05) is 12.1 Å². The van der Waals surface area contributed by atoms with Crippen molar-refractivity contribution in [3.05, 3.63) is 63.8 Å². The number of para-hydroxylation sites is 1. The molecule has 1 N–H and O–H groups in total. The van der Waals surface area contributed by atoms with E-state index in [9.17, 15) is 19.7 Å². The average Bonchev–Trinajstić information content (AvgIpc) is 3.17. The van der Waals surface area contributed by atoms with Crippen molar-refractivity contribution >= 4 is 28.3 Å². The molecule has 30 heavy (non-hydrogen) atoms. The highest BCUT2D eigenvalue weighted by Gasteiger charge is 2.29. The standard InChI is InChI=1S/C21H20N2O7/c1-4-29-19-9-14(17(23(26)27)10-18(19)28-3)21(25)30-12(2)20(24)15-11-22-16-8-6-5-7-13(15)16/h5-12,22H,4H2,1-3H3/t12-/m1/s1. The molecule has 1 atom stereocenters. The van der Waals surface area contributed by atoms with Gasteiger partial charge in [-0.3, -0.25) is 14.9 Å². The molecular weight excluding hydrogens is 392 g/mol. The van der Waals surface area contributed by atoms with E-state index in [0.717, 1.165) is 11.6 Å². The number of Topliss-reactive ketones (excluding diaryl/α,β-unsaturated/α-hetero) is 1. The number of aromatic amines is 1. The predicted octanol–water partition coefficient (Wildman–Crippen LogP) is 3.91. The number of nitrogens with one attached hydrogen (secondary N) is 1. The Kier molecular flexibility index (Phi) is 6.01. The smallest absolute Gasteiger partial charge is 0.346 e. The van der Waals surface area contributed by atoms with Crippen LogP contribution in [0.1, 0.15) is 34.6 Å². The van der Waals surface area contributed by atoms with Gasteiger partial charge in [0.1, 0.15) is 5.56 Å². The number of carbonyl (C=O) groups excluding carboxylic acids is 2. The lowest BCUT2D eigenvalue weighted by atomic mass is 10.1. The molecule has 9 heteroatoms. The Morgan fingerprint density at radius 1 is 1.17 bits per heavy atom. The molecule has 0 amide bonds. The van der Waals surface area contributed by atoms with Crippen LogP contribution in [0.2, 0.25) is 0 Å². The van der Waals surface area contributed by atoms with Crippen LogP contribution >= 0.6 is 0 Å². The van der Waals surface area contributed by atoms with Crippen LogP contribution in [0, 0.1) is 10.1 Å². The summed E-state index contributed by atoms with van der Waals surface area (Å²) in [5, 5.41) is 12.1. The van der Waals surface area contributed by atoms with Gasteiger partial charge in [-0.05, 0) is 19.9 Å². The first kappa shape index (κ1) is 20.8. The number of ketones is 1. The number of methoxy groups -OCH3 is 1. The van der Waals surface area contributed by atoms with Gasteiger partial charge in [0.15, 0.2) is 17.6 Å². The zero-order valence-electron chi connectivity index (χ0n) is 16.6. The molecule has 1 aromatic heterocycles. The normalized spacial score (nSPS) is 11.7. The summed E-state index contributed by atoms with van der Waals surface area (Å²) in [6, 6.07) is 9.49. The summed E-state index contributed by atoms with van der Waals surface area (Å²) in [4.78, 5) is 39.2. The Bertz CT molecular complexity index is 1120. The van der Waals surface area contributed by atoms with Gasteiger partial charge in [0.25, 0.3) is 5.69 Å².